The number of anilines is 1. The number of ether oxygens (including phenoxy) is 2. The fraction of sp³-hybridized carbons (Fsp3) is 0.424. The molecule has 8 heteroatoms. The number of nitrogens with one attached hydrogen (secondary N) is 1. The molecule has 0 spiro atoms. The first-order valence-corrected chi connectivity index (χ1v) is 15.9. The number of carbonyl (C=O) groups is 1. The lowest BCUT2D eigenvalue weighted by Crippen LogP contribution is -2.51. The number of benzene rings is 3. The van der Waals surface area contributed by atoms with E-state index in [-0.39, 0.29) is 28.8 Å². The minimum Gasteiger partial charge on any atom is -0.497 e. The molecule has 1 amide bonds. The lowest BCUT2D eigenvalue weighted by Gasteiger charge is -2.36. The van der Waals surface area contributed by atoms with Crippen LogP contribution in [0, 0.1) is 0 Å². The van der Waals surface area contributed by atoms with E-state index < -0.39 is 16.1 Å². The number of amides is 1. The molecule has 2 atom stereocenters. The van der Waals surface area contributed by atoms with Gasteiger partial charge in [-0.1, -0.05) is 52.0 Å². The van der Waals surface area contributed by atoms with Gasteiger partial charge in [0, 0.05) is 0 Å². The summed E-state index contributed by atoms with van der Waals surface area (Å²) in [5.41, 5.74) is 5.01. The van der Waals surface area contributed by atoms with Crippen LogP contribution in [0.5, 0.6) is 11.5 Å². The van der Waals surface area contributed by atoms with Gasteiger partial charge in [0.25, 0.3) is 15.9 Å². The number of carbonyl (C=O) groups excluding carboxylic acids is 1. The van der Waals surface area contributed by atoms with Gasteiger partial charge in [0.2, 0.25) is 0 Å². The van der Waals surface area contributed by atoms with Gasteiger partial charge >= 0.3 is 0 Å². The van der Waals surface area contributed by atoms with E-state index >= 15 is 0 Å². The molecule has 1 N–H and O–H groups in total. The van der Waals surface area contributed by atoms with Crippen LogP contribution in [0.15, 0.2) is 65.6 Å². The number of rotatable bonds is 7. The Labute approximate surface area is 243 Å². The van der Waals surface area contributed by atoms with Gasteiger partial charge in [0.15, 0.2) is 6.10 Å². The van der Waals surface area contributed by atoms with Crippen LogP contribution in [0.3, 0.4) is 0 Å². The zero-order valence-electron chi connectivity index (χ0n) is 24.6. The highest BCUT2D eigenvalue weighted by Gasteiger charge is 2.39. The van der Waals surface area contributed by atoms with Gasteiger partial charge in [-0.2, -0.15) is 0 Å². The Morgan fingerprint density at radius 1 is 1.02 bits per heavy atom. The molecule has 1 heterocycles. The fourth-order valence-electron chi connectivity index (χ4n) is 5.61. The first-order chi connectivity index (χ1) is 19.5. The van der Waals surface area contributed by atoms with Crippen molar-refractivity contribution in [1.82, 2.24) is 5.32 Å². The van der Waals surface area contributed by atoms with E-state index in [4.69, 9.17) is 9.47 Å². The number of hydrogen-bond donors (Lipinski definition) is 1. The quantitative estimate of drug-likeness (QED) is 0.368. The Morgan fingerprint density at radius 3 is 2.39 bits per heavy atom. The average Bonchev–Trinajstić information content (AvgIpc) is 2.98. The van der Waals surface area contributed by atoms with Crippen molar-refractivity contribution in [2.24, 2.45) is 0 Å². The van der Waals surface area contributed by atoms with Gasteiger partial charge in [-0.3, -0.25) is 9.10 Å². The third kappa shape index (κ3) is 5.94. The molecule has 2 aliphatic rings. The molecular formula is C33H40N2O5S. The summed E-state index contributed by atoms with van der Waals surface area (Å²) in [7, 11) is -2.47. The monoisotopic (exact) mass is 576 g/mol. The van der Waals surface area contributed by atoms with E-state index in [9.17, 15) is 13.2 Å². The lowest BCUT2D eigenvalue weighted by atomic mass is 9.86. The van der Waals surface area contributed by atoms with Gasteiger partial charge in [0.05, 0.1) is 30.3 Å². The van der Waals surface area contributed by atoms with Crippen molar-refractivity contribution in [2.45, 2.75) is 82.3 Å². The summed E-state index contributed by atoms with van der Waals surface area (Å²) in [4.78, 5) is 13.8. The molecule has 3 aromatic rings. The topological polar surface area (TPSA) is 84.9 Å². The molecule has 0 aromatic heterocycles. The molecule has 0 saturated heterocycles. The van der Waals surface area contributed by atoms with Crippen molar-refractivity contribution in [3.05, 3.63) is 82.9 Å². The number of hydrogen-bond acceptors (Lipinski definition) is 5. The summed E-state index contributed by atoms with van der Waals surface area (Å²) in [5, 5.41) is 3.15. The van der Waals surface area contributed by atoms with Crippen LogP contribution in [0.1, 0.15) is 75.3 Å². The average molecular weight is 577 g/mol. The molecule has 0 radical (unpaired) electrons. The largest absolute Gasteiger partial charge is 0.497 e. The van der Waals surface area contributed by atoms with Crippen LogP contribution < -0.4 is 19.1 Å². The van der Waals surface area contributed by atoms with E-state index in [1.807, 2.05) is 19.1 Å². The highest BCUT2D eigenvalue weighted by Crippen LogP contribution is 2.40. The predicted octanol–water partition coefficient (Wildman–Crippen LogP) is 6.10. The first kappa shape index (κ1) is 29.0. The summed E-state index contributed by atoms with van der Waals surface area (Å²) >= 11 is 0. The van der Waals surface area contributed by atoms with E-state index in [0.29, 0.717) is 23.6 Å². The van der Waals surface area contributed by atoms with Crippen molar-refractivity contribution in [1.29, 1.82) is 0 Å². The molecule has 218 valence electrons. The number of methoxy groups -OCH3 is 1. The summed E-state index contributed by atoms with van der Waals surface area (Å²) in [6, 6.07) is 18.1. The van der Waals surface area contributed by atoms with Gasteiger partial charge in [-0.25, -0.2) is 8.42 Å². The molecule has 5 rings (SSSR count). The number of sulfonamides is 1. The van der Waals surface area contributed by atoms with Crippen LogP contribution in [0.2, 0.25) is 0 Å². The second-order valence-electron chi connectivity index (χ2n) is 12.0. The van der Waals surface area contributed by atoms with Crippen molar-refractivity contribution in [3.63, 3.8) is 0 Å². The number of fused-ring (bicyclic) bond motifs is 2. The lowest BCUT2D eigenvalue weighted by molar-refractivity contribution is -0.128. The maximum Gasteiger partial charge on any atom is 0.264 e. The molecule has 1 aliphatic heterocycles. The molecule has 0 unspecified atom stereocenters. The Morgan fingerprint density at radius 2 is 1.73 bits per heavy atom. The highest BCUT2D eigenvalue weighted by molar-refractivity contribution is 7.92. The van der Waals surface area contributed by atoms with Crippen LogP contribution in [-0.2, 0) is 33.1 Å². The summed E-state index contributed by atoms with van der Waals surface area (Å²) in [6.07, 6.45) is 4.26. The third-order valence-electron chi connectivity index (χ3n) is 8.13. The van der Waals surface area contributed by atoms with Crippen LogP contribution in [0.4, 0.5) is 5.69 Å². The predicted molar refractivity (Wildman–Crippen MR) is 161 cm³/mol. The van der Waals surface area contributed by atoms with Crippen molar-refractivity contribution >= 4 is 21.6 Å². The summed E-state index contributed by atoms with van der Waals surface area (Å²) in [5.74, 6) is 0.588. The normalized spacial score (nSPS) is 17.6. The zero-order chi connectivity index (χ0) is 29.4. The van der Waals surface area contributed by atoms with Gasteiger partial charge in [-0.05, 0) is 96.2 Å². The second-order valence-corrected chi connectivity index (χ2v) is 13.8. The maximum absolute atomic E-state index is 14.0. The minimum atomic E-state index is -4.01. The zero-order valence-corrected chi connectivity index (χ0v) is 25.4. The Hall–Kier alpha value is -3.52. The maximum atomic E-state index is 14.0. The van der Waals surface area contributed by atoms with Crippen molar-refractivity contribution in [2.75, 3.05) is 18.0 Å². The SMILES string of the molecule is CC[C@@H](NC(=O)[C@H]1CN(S(=O)(=O)c2ccc(OC)cc2)c2cc(C(C)(C)C)ccc2O1)c1ccc2c(c1)CCCC2. The second kappa shape index (κ2) is 11.4. The van der Waals surface area contributed by atoms with Gasteiger partial charge < -0.3 is 14.8 Å². The molecule has 0 fully saturated rings. The molecule has 41 heavy (non-hydrogen) atoms. The molecule has 1 aliphatic carbocycles. The fourth-order valence-corrected chi connectivity index (χ4v) is 7.08. The summed E-state index contributed by atoms with van der Waals surface area (Å²) < 4.78 is 40.7. The van der Waals surface area contributed by atoms with E-state index in [1.165, 1.54) is 47.5 Å². The minimum absolute atomic E-state index is 0.118. The van der Waals surface area contributed by atoms with Crippen molar-refractivity contribution in [3.8, 4) is 11.5 Å². The highest BCUT2D eigenvalue weighted by atomic mass is 32.2. The smallest absolute Gasteiger partial charge is 0.264 e. The van der Waals surface area contributed by atoms with Gasteiger partial charge in [-0.15, -0.1) is 0 Å². The van der Waals surface area contributed by atoms with Crippen molar-refractivity contribution < 1.29 is 22.7 Å². The van der Waals surface area contributed by atoms with Gasteiger partial charge in [0.1, 0.15) is 11.5 Å². The third-order valence-corrected chi connectivity index (χ3v) is 9.93. The molecule has 0 bridgehead atoms. The van der Waals surface area contributed by atoms with Crippen LogP contribution in [-0.4, -0.2) is 34.1 Å². The number of aryl methyl sites for hydroxylation is 2. The molecular weight excluding hydrogens is 536 g/mol. The molecule has 0 saturated carbocycles. The molecule has 7 nitrogen and oxygen atoms in total. The van der Waals surface area contributed by atoms with E-state index in [0.717, 1.165) is 24.0 Å². The van der Waals surface area contributed by atoms with Crippen LogP contribution >= 0.6 is 0 Å². The Balaban J connectivity index is 1.46. The Bertz CT molecular complexity index is 1530. The molecule has 3 aromatic carbocycles. The summed E-state index contributed by atoms with van der Waals surface area (Å²) in [6.45, 7) is 8.12. The number of nitrogens with zero attached hydrogens (tertiary/aromatic N) is 1. The standard InChI is InChI=1S/C33H40N2O5S/c1-6-28(24-12-11-22-9-7-8-10-23(22)19-24)34-32(36)31-21-35(41(37,38)27-16-14-26(39-5)15-17-27)29-20-25(33(2,3)4)13-18-30(29)40-31/h11-20,28,31H,6-10,21H2,1-5H3,(H,34,36)/t28-,31-/m1/s1. The van der Waals surface area contributed by atoms with E-state index in [1.54, 1.807) is 18.2 Å². The first-order valence-electron chi connectivity index (χ1n) is 14.4. The Kier molecular flexibility index (Phi) is 8.06. The van der Waals surface area contributed by atoms with Crippen LogP contribution in [0.25, 0.3) is 0 Å². The van der Waals surface area contributed by atoms with E-state index in [2.05, 4.69) is 44.3 Å².